The Morgan fingerprint density at radius 3 is 1.73 bits per heavy atom. The molecule has 0 fully saturated rings. The van der Waals surface area contributed by atoms with Crippen LogP contribution in [0.2, 0.25) is 0 Å². The molecule has 5 heteroatoms. The highest BCUT2D eigenvalue weighted by molar-refractivity contribution is 7.26. The van der Waals surface area contributed by atoms with Gasteiger partial charge in [0.1, 0.15) is 5.69 Å². The zero-order chi connectivity index (χ0) is 32.1. The van der Waals surface area contributed by atoms with Crippen LogP contribution in [0.5, 0.6) is 0 Å². The Morgan fingerprint density at radius 2 is 0.980 bits per heavy atom. The first kappa shape index (κ1) is 26.7. The number of hydrogen-bond donors (Lipinski definition) is 0. The second-order valence-electron chi connectivity index (χ2n) is 12.6. The minimum absolute atomic E-state index is 0.820. The van der Waals surface area contributed by atoms with Crippen molar-refractivity contribution in [3.05, 3.63) is 158 Å². The molecule has 0 atom stereocenters. The lowest BCUT2D eigenvalue weighted by Crippen LogP contribution is -2.05. The van der Waals surface area contributed by atoms with Crippen LogP contribution in [0.1, 0.15) is 0 Å². The Labute approximate surface area is 284 Å². The molecular weight excluding hydrogens is 617 g/mol. The summed E-state index contributed by atoms with van der Waals surface area (Å²) in [5, 5.41) is 7.38. The highest BCUT2D eigenvalue weighted by Gasteiger charge is 2.25. The van der Waals surface area contributed by atoms with Gasteiger partial charge in [0.25, 0.3) is 0 Å². The SMILES string of the molecule is c1ccc(-c2nc3ccccc3nc2-n2c3ccccc3c3ccc4c5ccccc5n(-c5cccc6c5sc5ccccc56)c4c32)cc1. The van der Waals surface area contributed by atoms with Crippen molar-refractivity contribution < 1.29 is 0 Å². The van der Waals surface area contributed by atoms with Gasteiger partial charge in [-0.05, 0) is 36.4 Å². The second kappa shape index (κ2) is 10.1. The molecule has 0 N–H and O–H groups in total. The molecule has 0 saturated heterocycles. The van der Waals surface area contributed by atoms with Crippen molar-refractivity contribution in [1.29, 1.82) is 0 Å². The van der Waals surface area contributed by atoms with Crippen LogP contribution in [0, 0.1) is 0 Å². The molecule has 4 nitrogen and oxygen atoms in total. The summed E-state index contributed by atoms with van der Waals surface area (Å²) >= 11 is 1.87. The molecule has 7 aromatic carbocycles. The topological polar surface area (TPSA) is 35.6 Å². The summed E-state index contributed by atoms with van der Waals surface area (Å²) in [5.74, 6) is 0.820. The van der Waals surface area contributed by atoms with Gasteiger partial charge < -0.3 is 4.57 Å². The van der Waals surface area contributed by atoms with Gasteiger partial charge in [-0.15, -0.1) is 11.3 Å². The third-order valence-electron chi connectivity index (χ3n) is 9.90. The number of para-hydroxylation sites is 4. The molecule has 4 heterocycles. The van der Waals surface area contributed by atoms with Gasteiger partial charge in [-0.2, -0.15) is 0 Å². The van der Waals surface area contributed by atoms with Crippen LogP contribution in [-0.2, 0) is 0 Å². The van der Waals surface area contributed by atoms with Crippen LogP contribution in [0.15, 0.2) is 158 Å². The van der Waals surface area contributed by atoms with Gasteiger partial charge in [0, 0.05) is 42.6 Å². The molecule has 0 aliphatic rings. The van der Waals surface area contributed by atoms with Gasteiger partial charge in [-0.3, -0.25) is 4.57 Å². The summed E-state index contributed by atoms with van der Waals surface area (Å²) in [6, 6.07) is 56.2. The molecule has 0 saturated carbocycles. The zero-order valence-corrected chi connectivity index (χ0v) is 27.0. The van der Waals surface area contributed by atoms with E-state index in [-0.39, 0.29) is 0 Å². The normalized spacial score (nSPS) is 12.1. The van der Waals surface area contributed by atoms with Crippen LogP contribution in [-0.4, -0.2) is 19.1 Å². The van der Waals surface area contributed by atoms with Gasteiger partial charge in [0.15, 0.2) is 5.82 Å². The van der Waals surface area contributed by atoms with Crippen molar-refractivity contribution in [2.24, 2.45) is 0 Å². The fourth-order valence-corrected chi connectivity index (χ4v) is 9.02. The molecule has 0 aliphatic carbocycles. The van der Waals surface area contributed by atoms with Crippen LogP contribution >= 0.6 is 11.3 Å². The van der Waals surface area contributed by atoms with E-state index >= 15 is 0 Å². The number of hydrogen-bond acceptors (Lipinski definition) is 3. The first-order chi connectivity index (χ1) is 24.3. The Morgan fingerprint density at radius 1 is 0.408 bits per heavy atom. The lowest BCUT2D eigenvalue weighted by molar-refractivity contribution is 1.08. The van der Waals surface area contributed by atoms with Crippen molar-refractivity contribution >= 4 is 86.2 Å². The molecule has 0 amide bonds. The molecule has 11 rings (SSSR count). The summed E-state index contributed by atoms with van der Waals surface area (Å²) in [4.78, 5) is 10.7. The molecule has 0 radical (unpaired) electrons. The highest BCUT2D eigenvalue weighted by Crippen LogP contribution is 2.45. The monoisotopic (exact) mass is 642 g/mol. The number of thiophene rings is 1. The van der Waals surface area contributed by atoms with Crippen molar-refractivity contribution in [1.82, 2.24) is 19.1 Å². The fourth-order valence-electron chi connectivity index (χ4n) is 7.82. The molecule has 11 aromatic rings. The molecule has 228 valence electrons. The summed E-state index contributed by atoms with van der Waals surface area (Å²) in [6.45, 7) is 0. The molecule has 49 heavy (non-hydrogen) atoms. The Hall–Kier alpha value is -6.30. The number of rotatable bonds is 3. The van der Waals surface area contributed by atoms with E-state index in [1.54, 1.807) is 0 Å². The maximum atomic E-state index is 5.43. The third-order valence-corrected chi connectivity index (χ3v) is 11.1. The average molecular weight is 643 g/mol. The van der Waals surface area contributed by atoms with Gasteiger partial charge in [0.2, 0.25) is 0 Å². The van der Waals surface area contributed by atoms with Gasteiger partial charge in [0.05, 0.1) is 43.5 Å². The van der Waals surface area contributed by atoms with Gasteiger partial charge in [-0.25, -0.2) is 9.97 Å². The predicted octanol–water partition coefficient (Wildman–Crippen LogP) is 11.9. The third kappa shape index (κ3) is 3.73. The van der Waals surface area contributed by atoms with E-state index in [2.05, 4.69) is 149 Å². The van der Waals surface area contributed by atoms with Crippen molar-refractivity contribution in [2.75, 3.05) is 0 Å². The molecule has 4 aromatic heterocycles. The first-order valence-corrected chi connectivity index (χ1v) is 17.3. The van der Waals surface area contributed by atoms with E-state index < -0.39 is 0 Å². The maximum absolute atomic E-state index is 5.43. The van der Waals surface area contributed by atoms with Crippen molar-refractivity contribution in [3.63, 3.8) is 0 Å². The molecular formula is C44H26N4S. The summed E-state index contributed by atoms with van der Waals surface area (Å²) in [5.41, 5.74) is 9.37. The second-order valence-corrected chi connectivity index (χ2v) is 13.6. The maximum Gasteiger partial charge on any atom is 0.165 e. The van der Waals surface area contributed by atoms with Crippen LogP contribution in [0.25, 0.3) is 97.6 Å². The summed E-state index contributed by atoms with van der Waals surface area (Å²) < 4.78 is 7.44. The number of benzene rings is 7. The molecule has 0 spiro atoms. The summed E-state index contributed by atoms with van der Waals surface area (Å²) in [6.07, 6.45) is 0. The number of fused-ring (bicyclic) bond motifs is 11. The van der Waals surface area contributed by atoms with Crippen LogP contribution in [0.3, 0.4) is 0 Å². The first-order valence-electron chi connectivity index (χ1n) is 16.5. The highest BCUT2D eigenvalue weighted by atomic mass is 32.1. The molecule has 0 aliphatic heterocycles. The standard InChI is InChI=1S/C44H26N4S/c1-2-13-27(14-3-1)40-44(46-35-20-8-7-19-34(35)45-40)48-37-22-10-5-16-29(37)32-26-25-31-28-15-4-9-21-36(28)47(41(31)42(32)48)38-23-12-18-33-30-17-6-11-24-39(30)49-43(33)38/h1-26H. The Bertz CT molecular complexity index is 3110. The zero-order valence-electron chi connectivity index (χ0n) is 26.2. The van der Waals surface area contributed by atoms with E-state index in [1.807, 2.05) is 29.5 Å². The van der Waals surface area contributed by atoms with Crippen LogP contribution < -0.4 is 0 Å². The fraction of sp³-hybridized carbons (Fsp3) is 0. The van der Waals surface area contributed by atoms with Crippen molar-refractivity contribution in [2.45, 2.75) is 0 Å². The molecule has 0 unspecified atom stereocenters. The van der Waals surface area contributed by atoms with Gasteiger partial charge in [-0.1, -0.05) is 121 Å². The predicted molar refractivity (Wildman–Crippen MR) is 207 cm³/mol. The number of nitrogens with zero attached hydrogens (tertiary/aromatic N) is 4. The van der Waals surface area contributed by atoms with E-state index in [0.29, 0.717) is 0 Å². The average Bonchev–Trinajstić information content (AvgIpc) is 3.82. The largest absolute Gasteiger partial charge is 0.306 e. The lowest BCUT2D eigenvalue weighted by Gasteiger charge is -2.15. The van der Waals surface area contributed by atoms with Crippen molar-refractivity contribution in [3.8, 4) is 22.8 Å². The number of aromatic nitrogens is 4. The van der Waals surface area contributed by atoms with Gasteiger partial charge >= 0.3 is 0 Å². The van der Waals surface area contributed by atoms with E-state index in [0.717, 1.165) is 44.7 Å². The minimum Gasteiger partial charge on any atom is -0.306 e. The van der Waals surface area contributed by atoms with E-state index in [4.69, 9.17) is 9.97 Å². The molecule has 0 bridgehead atoms. The summed E-state index contributed by atoms with van der Waals surface area (Å²) in [7, 11) is 0. The minimum atomic E-state index is 0.820. The van der Waals surface area contributed by atoms with E-state index in [9.17, 15) is 0 Å². The lowest BCUT2D eigenvalue weighted by atomic mass is 10.1. The smallest absolute Gasteiger partial charge is 0.165 e. The quantitative estimate of drug-likeness (QED) is 0.192. The Balaban J connectivity index is 1.38. The van der Waals surface area contributed by atoms with E-state index in [1.165, 1.54) is 52.9 Å². The Kier molecular flexibility index (Phi) is 5.51. The van der Waals surface area contributed by atoms with Crippen LogP contribution in [0.4, 0.5) is 0 Å².